The van der Waals surface area contributed by atoms with E-state index in [1.807, 2.05) is 7.11 Å². The molecule has 100 valence electrons. The Morgan fingerprint density at radius 3 is 2.65 bits per heavy atom. The molecule has 2 heteroatoms. The molecular formula is C15H29NO. The topological polar surface area (TPSA) is 21.3 Å². The van der Waals surface area contributed by atoms with Gasteiger partial charge in [0.05, 0.1) is 5.60 Å². The standard InChI is InChI=1S/C15H29NO/c1-12-5-4-10-15(11-12,17-3)14(16-2)9-8-13-6-7-13/h12-14,16H,4-11H2,1-3H3. The quantitative estimate of drug-likeness (QED) is 0.767. The van der Waals surface area contributed by atoms with Crippen LogP contribution in [0.2, 0.25) is 0 Å². The fraction of sp³-hybridized carbons (Fsp3) is 1.00. The van der Waals surface area contributed by atoms with E-state index in [4.69, 9.17) is 4.74 Å². The average Bonchev–Trinajstić information content (AvgIpc) is 3.14. The van der Waals surface area contributed by atoms with Gasteiger partial charge in [-0.1, -0.05) is 32.6 Å². The first-order valence-electron chi connectivity index (χ1n) is 7.42. The molecule has 2 rings (SSSR count). The lowest BCUT2D eigenvalue weighted by atomic mass is 9.73. The van der Waals surface area contributed by atoms with Gasteiger partial charge in [0.2, 0.25) is 0 Å². The van der Waals surface area contributed by atoms with E-state index in [1.54, 1.807) is 0 Å². The van der Waals surface area contributed by atoms with Crippen molar-refractivity contribution < 1.29 is 4.74 Å². The van der Waals surface area contributed by atoms with Crippen LogP contribution >= 0.6 is 0 Å². The van der Waals surface area contributed by atoms with Gasteiger partial charge >= 0.3 is 0 Å². The number of rotatable bonds is 6. The summed E-state index contributed by atoms with van der Waals surface area (Å²) in [5.41, 5.74) is 0.112. The van der Waals surface area contributed by atoms with Gasteiger partial charge in [-0.2, -0.15) is 0 Å². The van der Waals surface area contributed by atoms with Crippen LogP contribution in [0.1, 0.15) is 58.3 Å². The minimum absolute atomic E-state index is 0.112. The van der Waals surface area contributed by atoms with E-state index >= 15 is 0 Å². The first-order chi connectivity index (χ1) is 8.20. The van der Waals surface area contributed by atoms with Crippen molar-refractivity contribution in [1.82, 2.24) is 5.32 Å². The molecule has 1 N–H and O–H groups in total. The molecule has 17 heavy (non-hydrogen) atoms. The molecular weight excluding hydrogens is 210 g/mol. The molecule has 0 amide bonds. The zero-order valence-corrected chi connectivity index (χ0v) is 11.8. The van der Waals surface area contributed by atoms with Gasteiger partial charge in [0.15, 0.2) is 0 Å². The lowest BCUT2D eigenvalue weighted by Crippen LogP contribution is -2.53. The lowest BCUT2D eigenvalue weighted by molar-refractivity contribution is -0.0799. The Balaban J connectivity index is 1.95. The molecule has 0 heterocycles. The molecule has 2 aliphatic rings. The number of hydrogen-bond donors (Lipinski definition) is 1. The number of likely N-dealkylation sites (N-methyl/N-ethyl adjacent to an activating group) is 1. The van der Waals surface area contributed by atoms with Crippen LogP contribution in [0.25, 0.3) is 0 Å². The van der Waals surface area contributed by atoms with E-state index in [2.05, 4.69) is 19.3 Å². The summed E-state index contributed by atoms with van der Waals surface area (Å²) in [6.45, 7) is 2.38. The van der Waals surface area contributed by atoms with Crippen LogP contribution in [0.4, 0.5) is 0 Å². The van der Waals surface area contributed by atoms with E-state index in [0.717, 1.165) is 11.8 Å². The van der Waals surface area contributed by atoms with Crippen LogP contribution in [0.15, 0.2) is 0 Å². The fourth-order valence-electron chi connectivity index (χ4n) is 3.67. The SMILES string of the molecule is CNC(CCC1CC1)C1(OC)CCCC(C)C1. The van der Waals surface area contributed by atoms with Crippen LogP contribution < -0.4 is 5.32 Å². The number of methoxy groups -OCH3 is 1. The molecule has 0 spiro atoms. The highest BCUT2D eigenvalue weighted by Crippen LogP contribution is 2.40. The third-order valence-corrected chi connectivity index (χ3v) is 4.94. The zero-order chi connectivity index (χ0) is 12.3. The Kier molecular flexibility index (Phi) is 4.48. The van der Waals surface area contributed by atoms with E-state index in [-0.39, 0.29) is 5.60 Å². The van der Waals surface area contributed by atoms with Crippen molar-refractivity contribution in [3.8, 4) is 0 Å². The summed E-state index contributed by atoms with van der Waals surface area (Å²) in [5.74, 6) is 1.85. The van der Waals surface area contributed by atoms with Crippen LogP contribution in [0.5, 0.6) is 0 Å². The molecule has 0 aromatic rings. The maximum atomic E-state index is 5.99. The maximum Gasteiger partial charge on any atom is 0.0833 e. The molecule has 0 aromatic heterocycles. The summed E-state index contributed by atoms with van der Waals surface area (Å²) in [4.78, 5) is 0. The summed E-state index contributed by atoms with van der Waals surface area (Å²) in [6.07, 6.45) is 10.8. The second-order valence-corrected chi connectivity index (χ2v) is 6.33. The van der Waals surface area contributed by atoms with Gasteiger partial charge in [-0.25, -0.2) is 0 Å². The Labute approximate surface area is 107 Å². The normalized spacial score (nSPS) is 35.8. The third-order valence-electron chi connectivity index (χ3n) is 4.94. The monoisotopic (exact) mass is 239 g/mol. The Morgan fingerprint density at radius 2 is 2.12 bits per heavy atom. The average molecular weight is 239 g/mol. The third kappa shape index (κ3) is 3.23. The number of ether oxygens (including phenoxy) is 1. The van der Waals surface area contributed by atoms with Gasteiger partial charge in [0, 0.05) is 13.2 Å². The zero-order valence-electron chi connectivity index (χ0n) is 11.8. The summed E-state index contributed by atoms with van der Waals surface area (Å²) < 4.78 is 5.99. The summed E-state index contributed by atoms with van der Waals surface area (Å²) in [6, 6.07) is 0.552. The smallest absolute Gasteiger partial charge is 0.0833 e. The second-order valence-electron chi connectivity index (χ2n) is 6.33. The van der Waals surface area contributed by atoms with Gasteiger partial charge in [-0.15, -0.1) is 0 Å². The van der Waals surface area contributed by atoms with Crippen molar-refractivity contribution in [3.63, 3.8) is 0 Å². The van der Waals surface area contributed by atoms with Crippen LogP contribution in [-0.2, 0) is 4.74 Å². The molecule has 0 saturated heterocycles. The highest BCUT2D eigenvalue weighted by molar-refractivity contribution is 4.97. The van der Waals surface area contributed by atoms with Gasteiger partial charge < -0.3 is 10.1 Å². The van der Waals surface area contributed by atoms with Crippen LogP contribution in [-0.4, -0.2) is 25.8 Å². The fourth-order valence-corrected chi connectivity index (χ4v) is 3.67. The highest BCUT2D eigenvalue weighted by atomic mass is 16.5. The van der Waals surface area contributed by atoms with Crippen molar-refractivity contribution in [2.75, 3.05) is 14.2 Å². The van der Waals surface area contributed by atoms with Gasteiger partial charge in [0.25, 0.3) is 0 Å². The minimum atomic E-state index is 0.112. The van der Waals surface area contributed by atoms with E-state index in [1.165, 1.54) is 51.4 Å². The summed E-state index contributed by atoms with van der Waals surface area (Å²) in [5, 5.41) is 3.54. The summed E-state index contributed by atoms with van der Waals surface area (Å²) >= 11 is 0. The Morgan fingerprint density at radius 1 is 1.35 bits per heavy atom. The highest BCUT2D eigenvalue weighted by Gasteiger charge is 2.41. The Hall–Kier alpha value is -0.0800. The van der Waals surface area contributed by atoms with E-state index in [0.29, 0.717) is 6.04 Å². The van der Waals surface area contributed by atoms with Crippen molar-refractivity contribution in [1.29, 1.82) is 0 Å². The predicted octanol–water partition coefficient (Wildman–Crippen LogP) is 3.36. The molecule has 2 nitrogen and oxygen atoms in total. The van der Waals surface area contributed by atoms with Crippen LogP contribution in [0.3, 0.4) is 0 Å². The minimum Gasteiger partial charge on any atom is -0.377 e. The number of nitrogens with one attached hydrogen (secondary N) is 1. The second kappa shape index (κ2) is 5.71. The Bertz CT molecular complexity index is 239. The largest absolute Gasteiger partial charge is 0.377 e. The van der Waals surface area contributed by atoms with E-state index in [9.17, 15) is 0 Å². The van der Waals surface area contributed by atoms with Crippen molar-refractivity contribution in [2.45, 2.75) is 69.9 Å². The first-order valence-corrected chi connectivity index (χ1v) is 7.42. The molecule has 2 saturated carbocycles. The molecule has 0 aromatic carbocycles. The van der Waals surface area contributed by atoms with E-state index < -0.39 is 0 Å². The predicted molar refractivity (Wildman–Crippen MR) is 72.2 cm³/mol. The molecule has 0 bridgehead atoms. The maximum absolute atomic E-state index is 5.99. The van der Waals surface area contributed by atoms with Crippen molar-refractivity contribution in [2.24, 2.45) is 11.8 Å². The van der Waals surface area contributed by atoms with Gasteiger partial charge in [-0.05, 0) is 44.6 Å². The molecule has 2 aliphatic carbocycles. The molecule has 3 unspecified atom stereocenters. The number of hydrogen-bond acceptors (Lipinski definition) is 2. The summed E-state index contributed by atoms with van der Waals surface area (Å²) in [7, 11) is 4.02. The molecule has 2 fully saturated rings. The molecule has 0 radical (unpaired) electrons. The first kappa shape index (κ1) is 13.4. The van der Waals surface area contributed by atoms with Crippen molar-refractivity contribution in [3.05, 3.63) is 0 Å². The van der Waals surface area contributed by atoms with Crippen LogP contribution in [0, 0.1) is 11.8 Å². The van der Waals surface area contributed by atoms with Gasteiger partial charge in [0.1, 0.15) is 0 Å². The molecule has 3 atom stereocenters. The molecule has 0 aliphatic heterocycles. The van der Waals surface area contributed by atoms with Gasteiger partial charge in [-0.3, -0.25) is 0 Å². The lowest BCUT2D eigenvalue weighted by Gasteiger charge is -2.44. The van der Waals surface area contributed by atoms with Crippen molar-refractivity contribution >= 4 is 0 Å².